The van der Waals surface area contributed by atoms with Gasteiger partial charge in [-0.05, 0) is 50.5 Å². The van der Waals surface area contributed by atoms with Crippen LogP contribution in [0.1, 0.15) is 26.2 Å². The highest BCUT2D eigenvalue weighted by molar-refractivity contribution is 6.30. The molecule has 0 amide bonds. The van der Waals surface area contributed by atoms with Gasteiger partial charge in [0, 0.05) is 29.3 Å². The van der Waals surface area contributed by atoms with Crippen molar-refractivity contribution in [2.45, 2.75) is 43.8 Å². The number of anilines is 1. The number of aliphatic imine (C=N–C) groups is 1. The van der Waals surface area contributed by atoms with Crippen molar-refractivity contribution in [3.63, 3.8) is 0 Å². The van der Waals surface area contributed by atoms with Gasteiger partial charge in [0.25, 0.3) is 0 Å². The molecular formula is C16H21ClN4. The second-order valence-electron chi connectivity index (χ2n) is 6.67. The minimum absolute atomic E-state index is 0.0277. The number of hydrogen-bond acceptors (Lipinski definition) is 4. The van der Waals surface area contributed by atoms with Crippen molar-refractivity contribution >= 4 is 23.2 Å². The van der Waals surface area contributed by atoms with Gasteiger partial charge in [0.15, 0.2) is 5.96 Å². The fraction of sp³-hybridized carbons (Fsp3) is 0.562. The predicted molar refractivity (Wildman–Crippen MR) is 87.0 cm³/mol. The summed E-state index contributed by atoms with van der Waals surface area (Å²) in [6.07, 6.45) is 3.81. The molecule has 1 saturated heterocycles. The Morgan fingerprint density at radius 3 is 2.67 bits per heavy atom. The number of halogens is 1. The zero-order chi connectivity index (χ0) is 14.6. The van der Waals surface area contributed by atoms with Crippen molar-refractivity contribution in [2.75, 3.05) is 18.0 Å². The first kappa shape index (κ1) is 13.4. The summed E-state index contributed by atoms with van der Waals surface area (Å²) in [6.45, 7) is 4.20. The van der Waals surface area contributed by atoms with Crippen LogP contribution in [0.3, 0.4) is 0 Å². The van der Waals surface area contributed by atoms with E-state index in [2.05, 4.69) is 21.7 Å². The Morgan fingerprint density at radius 2 is 2.00 bits per heavy atom. The first-order valence-electron chi connectivity index (χ1n) is 7.71. The van der Waals surface area contributed by atoms with Crippen molar-refractivity contribution in [2.24, 2.45) is 10.7 Å². The molecule has 5 heteroatoms. The minimum Gasteiger partial charge on any atom is -0.369 e. The molecule has 0 aromatic heterocycles. The maximum atomic E-state index is 6.21. The third kappa shape index (κ3) is 2.12. The van der Waals surface area contributed by atoms with Crippen LogP contribution >= 0.6 is 11.6 Å². The number of guanidine groups is 1. The van der Waals surface area contributed by atoms with Crippen molar-refractivity contribution < 1.29 is 0 Å². The van der Waals surface area contributed by atoms with E-state index in [9.17, 15) is 0 Å². The van der Waals surface area contributed by atoms with Crippen molar-refractivity contribution in [3.8, 4) is 0 Å². The highest BCUT2D eigenvalue weighted by atomic mass is 35.5. The monoisotopic (exact) mass is 304 g/mol. The zero-order valence-electron chi connectivity index (χ0n) is 12.3. The average Bonchev–Trinajstić information content (AvgIpc) is 3.18. The normalized spacial score (nSPS) is 33.0. The fourth-order valence-electron chi connectivity index (χ4n) is 4.01. The third-order valence-corrected chi connectivity index (χ3v) is 5.31. The molecule has 4 nitrogen and oxygen atoms in total. The van der Waals surface area contributed by atoms with Gasteiger partial charge in [-0.2, -0.15) is 0 Å². The van der Waals surface area contributed by atoms with Crippen LogP contribution in [-0.4, -0.2) is 41.6 Å². The van der Waals surface area contributed by atoms with Gasteiger partial charge in [0.2, 0.25) is 0 Å². The average molecular weight is 305 g/mol. The van der Waals surface area contributed by atoms with Crippen LogP contribution in [0.4, 0.5) is 5.69 Å². The van der Waals surface area contributed by atoms with Crippen LogP contribution in [0.2, 0.25) is 5.02 Å². The van der Waals surface area contributed by atoms with E-state index < -0.39 is 0 Å². The number of hydrogen-bond donors (Lipinski definition) is 1. The molecule has 1 aliphatic carbocycles. The molecule has 2 fully saturated rings. The van der Waals surface area contributed by atoms with Crippen LogP contribution in [0.5, 0.6) is 0 Å². The summed E-state index contributed by atoms with van der Waals surface area (Å²) in [6, 6.07) is 9.33. The van der Waals surface area contributed by atoms with Gasteiger partial charge >= 0.3 is 0 Å². The van der Waals surface area contributed by atoms with Crippen LogP contribution in [0.15, 0.2) is 29.3 Å². The quantitative estimate of drug-likeness (QED) is 0.913. The lowest BCUT2D eigenvalue weighted by Crippen LogP contribution is -2.53. The Bertz CT molecular complexity index is 580. The van der Waals surface area contributed by atoms with E-state index in [0.29, 0.717) is 12.0 Å². The lowest BCUT2D eigenvalue weighted by atomic mass is 9.94. The Labute approximate surface area is 130 Å². The Balaban J connectivity index is 1.67. The fourth-order valence-corrected chi connectivity index (χ4v) is 4.13. The number of rotatable bonds is 2. The summed E-state index contributed by atoms with van der Waals surface area (Å²) < 4.78 is 0. The van der Waals surface area contributed by atoms with Crippen LogP contribution in [0.25, 0.3) is 0 Å². The topological polar surface area (TPSA) is 44.9 Å². The smallest absolute Gasteiger partial charge is 0.196 e. The number of nitrogens with two attached hydrogens (primary N) is 1. The summed E-state index contributed by atoms with van der Waals surface area (Å²) in [5.41, 5.74) is 7.34. The predicted octanol–water partition coefficient (Wildman–Crippen LogP) is 2.47. The van der Waals surface area contributed by atoms with Gasteiger partial charge in [-0.25, -0.2) is 0 Å². The number of likely N-dealkylation sites (tertiary alicyclic amines) is 1. The summed E-state index contributed by atoms with van der Waals surface area (Å²) in [7, 11) is 0. The molecule has 21 heavy (non-hydrogen) atoms. The van der Waals surface area contributed by atoms with E-state index >= 15 is 0 Å². The van der Waals surface area contributed by atoms with Gasteiger partial charge in [0.1, 0.15) is 0 Å². The van der Waals surface area contributed by atoms with Crippen molar-refractivity contribution in [3.05, 3.63) is 29.3 Å². The summed E-state index contributed by atoms with van der Waals surface area (Å²) >= 11 is 6.01. The summed E-state index contributed by atoms with van der Waals surface area (Å²) in [5, 5.41) is 0.752. The molecule has 2 atom stereocenters. The molecule has 0 bridgehead atoms. The van der Waals surface area contributed by atoms with E-state index in [0.717, 1.165) is 36.3 Å². The molecule has 1 saturated carbocycles. The van der Waals surface area contributed by atoms with Gasteiger partial charge in [0.05, 0.1) is 12.1 Å². The second-order valence-corrected chi connectivity index (χ2v) is 7.10. The molecule has 2 aliphatic heterocycles. The van der Waals surface area contributed by atoms with Gasteiger partial charge in [-0.1, -0.05) is 11.6 Å². The molecule has 1 aromatic carbocycles. The zero-order valence-corrected chi connectivity index (χ0v) is 13.1. The van der Waals surface area contributed by atoms with Crippen molar-refractivity contribution in [1.29, 1.82) is 0 Å². The van der Waals surface area contributed by atoms with E-state index in [4.69, 9.17) is 17.3 Å². The van der Waals surface area contributed by atoms with Crippen LogP contribution in [-0.2, 0) is 0 Å². The molecular weight excluding hydrogens is 284 g/mol. The standard InChI is InChI=1S/C16H21ClN4/c1-11-8-16(10-20(11)13-6-7-13)9-19-15(18)21(16)14-4-2-12(17)3-5-14/h2-5,11,13H,6-10H2,1H3,(H2,18,19). The lowest BCUT2D eigenvalue weighted by molar-refractivity contribution is 0.251. The van der Waals surface area contributed by atoms with E-state index in [1.807, 2.05) is 24.3 Å². The highest BCUT2D eigenvalue weighted by Gasteiger charge is 2.53. The van der Waals surface area contributed by atoms with Crippen LogP contribution in [0, 0.1) is 0 Å². The highest BCUT2D eigenvalue weighted by Crippen LogP contribution is 2.43. The Kier molecular flexibility index (Phi) is 2.95. The first-order chi connectivity index (χ1) is 10.1. The molecule has 1 spiro atoms. The summed E-state index contributed by atoms with van der Waals surface area (Å²) in [5.74, 6) is 0.641. The third-order valence-electron chi connectivity index (χ3n) is 5.06. The van der Waals surface area contributed by atoms with Crippen LogP contribution < -0.4 is 10.6 Å². The Hall–Kier alpha value is -1.26. The Morgan fingerprint density at radius 1 is 1.29 bits per heavy atom. The van der Waals surface area contributed by atoms with Crippen molar-refractivity contribution in [1.82, 2.24) is 4.90 Å². The molecule has 3 aliphatic rings. The first-order valence-corrected chi connectivity index (χ1v) is 8.08. The van der Waals surface area contributed by atoms with E-state index in [1.165, 1.54) is 12.8 Å². The number of nitrogens with zero attached hydrogens (tertiary/aromatic N) is 3. The maximum absolute atomic E-state index is 6.21. The minimum atomic E-state index is 0.0277. The van der Waals surface area contributed by atoms with Gasteiger partial charge in [-0.15, -0.1) is 0 Å². The molecule has 4 rings (SSSR count). The molecule has 2 heterocycles. The van der Waals surface area contributed by atoms with E-state index in [1.54, 1.807) is 0 Å². The second kappa shape index (κ2) is 4.62. The molecule has 0 radical (unpaired) electrons. The maximum Gasteiger partial charge on any atom is 0.196 e. The molecule has 2 unspecified atom stereocenters. The largest absolute Gasteiger partial charge is 0.369 e. The molecule has 112 valence electrons. The SMILES string of the molecule is CC1CC2(CN=C(N)N2c2ccc(Cl)cc2)CN1C1CC1. The number of benzene rings is 1. The van der Waals surface area contributed by atoms with E-state index in [-0.39, 0.29) is 5.54 Å². The molecule has 1 aromatic rings. The van der Waals surface area contributed by atoms with Gasteiger partial charge < -0.3 is 10.6 Å². The lowest BCUT2D eigenvalue weighted by Gasteiger charge is -2.36. The molecule has 2 N–H and O–H groups in total. The summed E-state index contributed by atoms with van der Waals surface area (Å²) in [4.78, 5) is 9.45. The van der Waals surface area contributed by atoms with Gasteiger partial charge in [-0.3, -0.25) is 9.89 Å².